The van der Waals surface area contributed by atoms with Gasteiger partial charge in [-0.1, -0.05) is 6.92 Å². The molecule has 0 aliphatic rings. The summed E-state index contributed by atoms with van der Waals surface area (Å²) in [4.78, 5) is 24.1. The van der Waals surface area contributed by atoms with Crippen LogP contribution in [-0.4, -0.2) is 65.1 Å². The van der Waals surface area contributed by atoms with Crippen molar-refractivity contribution in [1.29, 1.82) is 0 Å². The number of carbonyl (C=O) groups is 2. The number of rotatable bonds is 12. The smallest absolute Gasteiger partial charge is 0.237 e. The second kappa shape index (κ2) is 11.5. The van der Waals surface area contributed by atoms with Gasteiger partial charge in [0.05, 0.1) is 12.6 Å². The van der Waals surface area contributed by atoms with E-state index in [4.69, 9.17) is 10.2 Å². The molecule has 1 atom stereocenters. The third-order valence-electron chi connectivity index (χ3n) is 4.00. The van der Waals surface area contributed by atoms with Gasteiger partial charge in [-0.05, 0) is 53.9 Å². The fraction of sp³-hybridized carbons (Fsp3) is 0.889. The van der Waals surface area contributed by atoms with E-state index in [-0.39, 0.29) is 35.9 Å². The number of aliphatic hydroxyl groups excluding tert-OH is 1. The van der Waals surface area contributed by atoms with E-state index in [0.29, 0.717) is 19.5 Å². The molecular formula is C18H38N4O4. The van der Waals surface area contributed by atoms with Crippen molar-refractivity contribution in [3.05, 3.63) is 0 Å². The van der Waals surface area contributed by atoms with E-state index in [9.17, 15) is 9.59 Å². The van der Waals surface area contributed by atoms with Crippen molar-refractivity contribution >= 4 is 11.8 Å². The van der Waals surface area contributed by atoms with Crippen LogP contribution in [0.25, 0.3) is 0 Å². The predicted molar refractivity (Wildman–Crippen MR) is 103 cm³/mol. The van der Waals surface area contributed by atoms with Crippen molar-refractivity contribution in [3.8, 4) is 0 Å². The topological polar surface area (TPSA) is 123 Å². The largest absolute Gasteiger partial charge is 0.368 e. The minimum Gasteiger partial charge on any atom is -0.368 e. The van der Waals surface area contributed by atoms with E-state index < -0.39 is 12.3 Å². The number of hydrogen-bond donors (Lipinski definition) is 6. The highest BCUT2D eigenvalue weighted by Crippen LogP contribution is 2.11. The fourth-order valence-electron chi connectivity index (χ4n) is 2.08. The van der Waals surface area contributed by atoms with Gasteiger partial charge in [-0.3, -0.25) is 9.59 Å². The van der Waals surface area contributed by atoms with Crippen LogP contribution in [0.4, 0.5) is 0 Å². The minimum atomic E-state index is -1.44. The lowest BCUT2D eigenvalue weighted by Crippen LogP contribution is -2.53. The average Bonchev–Trinajstić information content (AvgIpc) is 2.52. The summed E-state index contributed by atoms with van der Waals surface area (Å²) < 4.78 is 0. The molecule has 0 radical (unpaired) electrons. The van der Waals surface area contributed by atoms with Crippen molar-refractivity contribution in [2.75, 3.05) is 19.6 Å². The normalized spacial score (nSPS) is 13.6. The van der Waals surface area contributed by atoms with Gasteiger partial charge < -0.3 is 31.5 Å². The summed E-state index contributed by atoms with van der Waals surface area (Å²) in [6.07, 6.45) is -0.184. The third-order valence-corrected chi connectivity index (χ3v) is 4.00. The number of carbonyl (C=O) groups excluding carboxylic acids is 2. The maximum atomic E-state index is 12.4. The van der Waals surface area contributed by atoms with Crippen LogP contribution in [0.15, 0.2) is 0 Å². The number of hydrogen-bond acceptors (Lipinski definition) is 6. The Morgan fingerprint density at radius 1 is 0.962 bits per heavy atom. The molecule has 0 unspecified atom stereocenters. The Morgan fingerprint density at radius 2 is 1.54 bits per heavy atom. The van der Waals surface area contributed by atoms with Gasteiger partial charge in [0.2, 0.25) is 11.8 Å². The second-order valence-electron chi connectivity index (χ2n) is 8.24. The van der Waals surface area contributed by atoms with Gasteiger partial charge in [0.25, 0.3) is 0 Å². The quantitative estimate of drug-likeness (QED) is 0.209. The zero-order chi connectivity index (χ0) is 20.4. The minimum absolute atomic E-state index is 0.111. The summed E-state index contributed by atoms with van der Waals surface area (Å²) >= 11 is 0. The van der Waals surface area contributed by atoms with Crippen LogP contribution >= 0.6 is 0 Å². The summed E-state index contributed by atoms with van der Waals surface area (Å²) in [5.74, 6) is -0.339. The Morgan fingerprint density at radius 3 is 2.04 bits per heavy atom. The number of nitrogens with one attached hydrogen (secondary N) is 4. The second-order valence-corrected chi connectivity index (χ2v) is 8.24. The van der Waals surface area contributed by atoms with Crippen molar-refractivity contribution in [1.82, 2.24) is 21.3 Å². The van der Waals surface area contributed by atoms with Gasteiger partial charge in [-0.2, -0.15) is 0 Å². The van der Waals surface area contributed by atoms with E-state index in [0.717, 1.165) is 6.42 Å². The molecular weight excluding hydrogens is 336 g/mol. The number of aliphatic hydroxyl groups is 2. The molecule has 0 fully saturated rings. The highest BCUT2D eigenvalue weighted by molar-refractivity contribution is 5.82. The Balaban J connectivity index is 4.32. The SMILES string of the molecule is CCC(C)(C)N[C@@H](CCC(O)O)C(=O)NCCNC(=O)CNC(C)(C)C. The van der Waals surface area contributed by atoms with Crippen LogP contribution in [0.1, 0.15) is 60.8 Å². The highest BCUT2D eigenvalue weighted by atomic mass is 16.5. The summed E-state index contributed by atoms with van der Waals surface area (Å²) in [6.45, 7) is 12.8. The van der Waals surface area contributed by atoms with Crippen LogP contribution in [0.5, 0.6) is 0 Å². The summed E-state index contributed by atoms with van der Waals surface area (Å²) in [7, 11) is 0. The third kappa shape index (κ3) is 13.0. The Bertz CT molecular complexity index is 433. The van der Waals surface area contributed by atoms with Crippen LogP contribution in [-0.2, 0) is 9.59 Å². The molecule has 26 heavy (non-hydrogen) atoms. The Hall–Kier alpha value is -1.22. The Labute approximate surface area is 157 Å². The summed E-state index contributed by atoms with van der Waals surface area (Å²) in [5, 5.41) is 30.0. The Kier molecular flexibility index (Phi) is 10.9. The van der Waals surface area contributed by atoms with Crippen LogP contribution in [0, 0.1) is 0 Å². The van der Waals surface area contributed by atoms with E-state index in [1.807, 2.05) is 41.5 Å². The van der Waals surface area contributed by atoms with Gasteiger partial charge in [0.15, 0.2) is 6.29 Å². The lowest BCUT2D eigenvalue weighted by atomic mass is 9.98. The lowest BCUT2D eigenvalue weighted by Gasteiger charge is -2.30. The molecule has 154 valence electrons. The molecule has 8 nitrogen and oxygen atoms in total. The van der Waals surface area contributed by atoms with Crippen molar-refractivity contribution in [3.63, 3.8) is 0 Å². The average molecular weight is 375 g/mol. The standard InChI is InChI=1S/C18H38N4O4/c1-7-18(5,6)22-13(8-9-15(24)25)16(26)20-11-10-19-14(23)12-21-17(2,3)4/h13,15,21-22,24-25H,7-12H2,1-6H3,(H,19,23)(H,20,26)/t13-/m0/s1. The molecule has 6 N–H and O–H groups in total. The fourth-order valence-corrected chi connectivity index (χ4v) is 2.08. The molecule has 0 heterocycles. The first-order valence-electron chi connectivity index (χ1n) is 9.29. The summed E-state index contributed by atoms with van der Waals surface area (Å²) in [5.41, 5.74) is -0.372. The molecule has 0 bridgehead atoms. The zero-order valence-corrected chi connectivity index (χ0v) is 17.1. The van der Waals surface area contributed by atoms with Crippen molar-refractivity contribution in [2.45, 2.75) is 84.2 Å². The highest BCUT2D eigenvalue weighted by Gasteiger charge is 2.25. The molecule has 2 amide bonds. The van der Waals surface area contributed by atoms with Crippen LogP contribution in [0.2, 0.25) is 0 Å². The van der Waals surface area contributed by atoms with Crippen LogP contribution in [0.3, 0.4) is 0 Å². The van der Waals surface area contributed by atoms with E-state index in [2.05, 4.69) is 21.3 Å². The molecule has 0 aromatic heterocycles. The van der Waals surface area contributed by atoms with Gasteiger partial charge in [0, 0.05) is 24.2 Å². The van der Waals surface area contributed by atoms with E-state index in [1.165, 1.54) is 0 Å². The molecule has 0 rings (SSSR count). The first kappa shape index (κ1) is 24.8. The van der Waals surface area contributed by atoms with E-state index in [1.54, 1.807) is 0 Å². The summed E-state index contributed by atoms with van der Waals surface area (Å²) in [6, 6.07) is -0.523. The van der Waals surface area contributed by atoms with Gasteiger partial charge in [-0.25, -0.2) is 0 Å². The molecule has 8 heteroatoms. The molecule has 0 saturated heterocycles. The van der Waals surface area contributed by atoms with Gasteiger partial charge in [-0.15, -0.1) is 0 Å². The van der Waals surface area contributed by atoms with Gasteiger partial charge in [0.1, 0.15) is 0 Å². The number of amides is 2. The van der Waals surface area contributed by atoms with Crippen LogP contribution < -0.4 is 21.3 Å². The monoisotopic (exact) mass is 374 g/mol. The van der Waals surface area contributed by atoms with Gasteiger partial charge >= 0.3 is 0 Å². The van der Waals surface area contributed by atoms with Crippen molar-refractivity contribution in [2.24, 2.45) is 0 Å². The maximum Gasteiger partial charge on any atom is 0.237 e. The molecule has 0 saturated carbocycles. The first-order chi connectivity index (χ1) is 11.9. The molecule has 0 aliphatic carbocycles. The molecule has 0 aromatic rings. The molecule has 0 aliphatic heterocycles. The maximum absolute atomic E-state index is 12.4. The van der Waals surface area contributed by atoms with Crippen molar-refractivity contribution < 1.29 is 19.8 Å². The first-order valence-corrected chi connectivity index (χ1v) is 9.29. The molecule has 0 aromatic carbocycles. The van der Waals surface area contributed by atoms with E-state index >= 15 is 0 Å². The zero-order valence-electron chi connectivity index (χ0n) is 17.1. The lowest BCUT2D eigenvalue weighted by molar-refractivity contribution is -0.125. The molecule has 0 spiro atoms. The predicted octanol–water partition coefficient (Wildman–Crippen LogP) is -0.155.